The van der Waals surface area contributed by atoms with E-state index in [2.05, 4.69) is 22.4 Å². The maximum atomic E-state index is 9.08. The average molecular weight is 276 g/mol. The quantitative estimate of drug-likeness (QED) is 0.798. The number of nitriles is 1. The third-order valence-electron chi connectivity index (χ3n) is 3.87. The van der Waals surface area contributed by atoms with Crippen LogP contribution in [0.2, 0.25) is 0 Å². The summed E-state index contributed by atoms with van der Waals surface area (Å²) < 4.78 is 1.92. The summed E-state index contributed by atoms with van der Waals surface area (Å²) in [4.78, 5) is 4.36. The lowest BCUT2D eigenvalue weighted by Gasteiger charge is -2.09. The molecule has 1 aromatic carbocycles. The maximum absolute atomic E-state index is 9.08. The molecule has 1 N–H and O–H groups in total. The number of benzene rings is 1. The summed E-state index contributed by atoms with van der Waals surface area (Å²) >= 11 is 0. The highest BCUT2D eigenvalue weighted by Crippen LogP contribution is 2.23. The van der Waals surface area contributed by atoms with Crippen molar-refractivity contribution >= 4 is 16.6 Å². The second-order valence-electron chi connectivity index (χ2n) is 5.04. The van der Waals surface area contributed by atoms with Crippen LogP contribution in [0.25, 0.3) is 10.9 Å². The molecular formula is C17H16N4. The van der Waals surface area contributed by atoms with E-state index >= 15 is 0 Å². The fraction of sp³-hybridized carbons (Fsp3) is 0.176. The molecule has 0 aliphatic heterocycles. The first-order valence-electron chi connectivity index (χ1n) is 6.83. The number of hydrogen-bond donors (Lipinski definition) is 1. The van der Waals surface area contributed by atoms with E-state index in [4.69, 9.17) is 5.26 Å². The van der Waals surface area contributed by atoms with Gasteiger partial charge in [-0.3, -0.25) is 4.98 Å². The summed E-state index contributed by atoms with van der Waals surface area (Å²) in [5.74, 6) is 0. The van der Waals surface area contributed by atoms with Crippen molar-refractivity contribution in [3.8, 4) is 6.07 Å². The van der Waals surface area contributed by atoms with E-state index in [9.17, 15) is 0 Å². The number of fused-ring (bicyclic) bond motifs is 1. The molecule has 0 unspecified atom stereocenters. The summed E-state index contributed by atoms with van der Waals surface area (Å²) in [5.41, 5.74) is 4.96. The normalized spacial score (nSPS) is 10.5. The van der Waals surface area contributed by atoms with Crippen molar-refractivity contribution in [2.75, 3.05) is 5.32 Å². The minimum atomic E-state index is 0.684. The highest BCUT2D eigenvalue weighted by atomic mass is 15.0. The molecule has 0 saturated heterocycles. The van der Waals surface area contributed by atoms with Gasteiger partial charge >= 0.3 is 0 Å². The molecule has 3 aromatic rings. The van der Waals surface area contributed by atoms with Crippen molar-refractivity contribution in [3.63, 3.8) is 0 Å². The number of anilines is 1. The molecule has 2 aromatic heterocycles. The third-order valence-corrected chi connectivity index (χ3v) is 3.87. The van der Waals surface area contributed by atoms with Gasteiger partial charge < -0.3 is 9.88 Å². The molecule has 2 heterocycles. The average Bonchev–Trinajstić information content (AvgIpc) is 2.80. The van der Waals surface area contributed by atoms with Crippen molar-refractivity contribution in [2.24, 2.45) is 7.05 Å². The third kappa shape index (κ3) is 2.34. The standard InChI is InChI=1S/C17H16N4/c1-12-13(9-14(10-18)21(12)2)11-20-17-7-3-6-16-15(17)5-4-8-19-16/h3-9,20H,11H2,1-2H3. The van der Waals surface area contributed by atoms with Crippen LogP contribution in [-0.4, -0.2) is 9.55 Å². The van der Waals surface area contributed by atoms with Crippen LogP contribution in [0.15, 0.2) is 42.6 Å². The van der Waals surface area contributed by atoms with Crippen molar-refractivity contribution in [2.45, 2.75) is 13.5 Å². The van der Waals surface area contributed by atoms with Crippen LogP contribution in [0.1, 0.15) is 17.0 Å². The zero-order chi connectivity index (χ0) is 14.8. The fourth-order valence-electron chi connectivity index (χ4n) is 2.50. The Balaban J connectivity index is 1.89. The second kappa shape index (κ2) is 5.29. The van der Waals surface area contributed by atoms with Crippen molar-refractivity contribution in [1.82, 2.24) is 9.55 Å². The van der Waals surface area contributed by atoms with Gasteiger partial charge in [0, 0.05) is 36.6 Å². The van der Waals surface area contributed by atoms with Crippen LogP contribution >= 0.6 is 0 Å². The lowest BCUT2D eigenvalue weighted by atomic mass is 10.1. The van der Waals surface area contributed by atoms with Crippen LogP contribution in [0.3, 0.4) is 0 Å². The maximum Gasteiger partial charge on any atom is 0.120 e. The van der Waals surface area contributed by atoms with Crippen LogP contribution in [-0.2, 0) is 13.6 Å². The molecule has 21 heavy (non-hydrogen) atoms. The topological polar surface area (TPSA) is 53.6 Å². The Morgan fingerprint density at radius 3 is 2.90 bits per heavy atom. The molecule has 0 spiro atoms. The Morgan fingerprint density at radius 1 is 1.29 bits per heavy atom. The lowest BCUT2D eigenvalue weighted by molar-refractivity contribution is 0.856. The Hall–Kier alpha value is -2.80. The van der Waals surface area contributed by atoms with Crippen molar-refractivity contribution in [3.05, 3.63) is 59.5 Å². The second-order valence-corrected chi connectivity index (χ2v) is 5.04. The molecule has 4 nitrogen and oxygen atoms in total. The summed E-state index contributed by atoms with van der Waals surface area (Å²) in [6, 6.07) is 14.2. The van der Waals surface area contributed by atoms with Gasteiger partial charge in [0.25, 0.3) is 0 Å². The van der Waals surface area contributed by atoms with Gasteiger partial charge in [-0.05, 0) is 42.8 Å². The number of pyridine rings is 1. The summed E-state index contributed by atoms with van der Waals surface area (Å²) in [5, 5.41) is 13.6. The van der Waals surface area contributed by atoms with Crippen molar-refractivity contribution < 1.29 is 0 Å². The van der Waals surface area contributed by atoms with Gasteiger partial charge in [0.15, 0.2) is 0 Å². The molecule has 0 aliphatic rings. The van der Waals surface area contributed by atoms with Crippen LogP contribution in [0, 0.1) is 18.3 Å². The summed E-state index contributed by atoms with van der Waals surface area (Å²) in [7, 11) is 1.92. The van der Waals surface area contributed by atoms with Gasteiger partial charge in [0.2, 0.25) is 0 Å². The molecule has 4 heteroatoms. The van der Waals surface area contributed by atoms with Gasteiger partial charge in [-0.1, -0.05) is 6.07 Å². The van der Waals surface area contributed by atoms with Gasteiger partial charge in [-0.25, -0.2) is 0 Å². The predicted molar refractivity (Wildman–Crippen MR) is 83.9 cm³/mol. The highest BCUT2D eigenvalue weighted by molar-refractivity contribution is 5.91. The molecule has 0 bridgehead atoms. The molecule has 3 rings (SSSR count). The van der Waals surface area contributed by atoms with Gasteiger partial charge in [-0.2, -0.15) is 5.26 Å². The first kappa shape index (κ1) is 13.2. The van der Waals surface area contributed by atoms with E-state index in [1.807, 2.05) is 48.9 Å². The van der Waals surface area contributed by atoms with Crippen LogP contribution in [0.5, 0.6) is 0 Å². The Bertz CT molecular complexity index is 834. The molecular weight excluding hydrogens is 260 g/mol. The number of nitrogens with zero attached hydrogens (tertiary/aromatic N) is 3. The van der Waals surface area contributed by atoms with Gasteiger partial charge in [-0.15, -0.1) is 0 Å². The first-order chi connectivity index (χ1) is 10.2. The SMILES string of the molecule is Cc1c(CNc2cccc3ncccc23)cc(C#N)n1C. The number of nitrogens with one attached hydrogen (secondary N) is 1. The molecule has 0 atom stereocenters. The smallest absolute Gasteiger partial charge is 0.120 e. The summed E-state index contributed by atoms with van der Waals surface area (Å²) in [6.07, 6.45) is 1.80. The van der Waals surface area contributed by atoms with E-state index in [0.717, 1.165) is 27.8 Å². The minimum absolute atomic E-state index is 0.684. The van der Waals surface area contributed by atoms with Crippen molar-refractivity contribution in [1.29, 1.82) is 5.26 Å². The Labute approximate surface area is 123 Å². The molecule has 0 fully saturated rings. The van der Waals surface area contributed by atoms with E-state index in [-0.39, 0.29) is 0 Å². The van der Waals surface area contributed by atoms with Gasteiger partial charge in [0.05, 0.1) is 5.52 Å². The van der Waals surface area contributed by atoms with Crippen LogP contribution in [0.4, 0.5) is 5.69 Å². The molecule has 0 radical (unpaired) electrons. The van der Waals surface area contributed by atoms with E-state index in [1.54, 1.807) is 6.20 Å². The zero-order valence-corrected chi connectivity index (χ0v) is 12.1. The molecule has 0 saturated carbocycles. The van der Waals surface area contributed by atoms with E-state index < -0.39 is 0 Å². The fourth-order valence-corrected chi connectivity index (χ4v) is 2.50. The predicted octanol–water partition coefficient (Wildman–Crippen LogP) is 3.37. The minimum Gasteiger partial charge on any atom is -0.380 e. The molecule has 0 amide bonds. The number of rotatable bonds is 3. The Kier molecular flexibility index (Phi) is 3.33. The lowest BCUT2D eigenvalue weighted by Crippen LogP contribution is -2.02. The largest absolute Gasteiger partial charge is 0.380 e. The molecule has 0 aliphatic carbocycles. The number of aromatic nitrogens is 2. The molecule has 104 valence electrons. The van der Waals surface area contributed by atoms with Gasteiger partial charge in [0.1, 0.15) is 11.8 Å². The Morgan fingerprint density at radius 2 is 2.14 bits per heavy atom. The van der Waals surface area contributed by atoms with E-state index in [0.29, 0.717) is 12.2 Å². The zero-order valence-electron chi connectivity index (χ0n) is 12.1. The number of hydrogen-bond acceptors (Lipinski definition) is 3. The highest BCUT2D eigenvalue weighted by Gasteiger charge is 2.09. The van der Waals surface area contributed by atoms with Crippen LogP contribution < -0.4 is 5.32 Å². The monoisotopic (exact) mass is 276 g/mol. The first-order valence-corrected chi connectivity index (χ1v) is 6.83. The van der Waals surface area contributed by atoms with E-state index in [1.165, 1.54) is 0 Å². The summed E-state index contributed by atoms with van der Waals surface area (Å²) in [6.45, 7) is 2.72.